The Kier molecular flexibility index (Phi) is 4.11. The quantitative estimate of drug-likeness (QED) is 0.856. The maximum atomic E-state index is 11.4. The molecule has 0 radical (unpaired) electrons. The Hall–Kier alpha value is -1.53. The van der Waals surface area contributed by atoms with E-state index in [-0.39, 0.29) is 6.03 Å². The standard InChI is InChI=1S/C12H15ClN4OS/c1-16(2)11(18)14-6-7-17-10-8(13)4-3-5-9(10)15-12(17)19/h3-5H,6-7H2,1-2H3,(H,14,18)(H,15,19). The molecule has 5 nitrogen and oxygen atoms in total. The van der Waals surface area contributed by atoms with E-state index >= 15 is 0 Å². The summed E-state index contributed by atoms with van der Waals surface area (Å²) in [5.74, 6) is 0. The highest BCUT2D eigenvalue weighted by atomic mass is 35.5. The number of nitrogens with zero attached hydrogens (tertiary/aromatic N) is 2. The molecule has 1 aromatic carbocycles. The first kappa shape index (κ1) is 13.9. The molecule has 0 bridgehead atoms. The van der Waals surface area contributed by atoms with Crippen molar-refractivity contribution in [3.05, 3.63) is 28.0 Å². The van der Waals surface area contributed by atoms with Crippen LogP contribution in [-0.4, -0.2) is 41.1 Å². The third-order valence-electron chi connectivity index (χ3n) is 2.76. The number of para-hydroxylation sites is 1. The van der Waals surface area contributed by atoms with Crippen molar-refractivity contribution in [1.82, 2.24) is 19.8 Å². The Morgan fingerprint density at radius 2 is 2.26 bits per heavy atom. The number of imidazole rings is 1. The van der Waals surface area contributed by atoms with Crippen molar-refractivity contribution < 1.29 is 4.79 Å². The number of carbonyl (C=O) groups is 1. The predicted molar refractivity (Wildman–Crippen MR) is 79.2 cm³/mol. The molecule has 2 amide bonds. The molecule has 0 fully saturated rings. The maximum absolute atomic E-state index is 11.4. The van der Waals surface area contributed by atoms with Gasteiger partial charge in [-0.3, -0.25) is 0 Å². The second-order valence-electron chi connectivity index (χ2n) is 4.34. The molecule has 2 rings (SSSR count). The summed E-state index contributed by atoms with van der Waals surface area (Å²) >= 11 is 11.5. The van der Waals surface area contributed by atoms with E-state index < -0.39 is 0 Å². The highest BCUT2D eigenvalue weighted by Crippen LogP contribution is 2.22. The van der Waals surface area contributed by atoms with Gasteiger partial charge < -0.3 is 19.8 Å². The normalized spacial score (nSPS) is 10.7. The van der Waals surface area contributed by atoms with Gasteiger partial charge in [-0.05, 0) is 24.4 Å². The molecular weight excluding hydrogens is 284 g/mol. The van der Waals surface area contributed by atoms with Crippen molar-refractivity contribution in [3.8, 4) is 0 Å². The van der Waals surface area contributed by atoms with Gasteiger partial charge in [0.05, 0.1) is 16.1 Å². The fourth-order valence-electron chi connectivity index (χ4n) is 1.82. The van der Waals surface area contributed by atoms with Gasteiger partial charge in [0, 0.05) is 27.2 Å². The van der Waals surface area contributed by atoms with Crippen molar-refractivity contribution in [2.45, 2.75) is 6.54 Å². The topological polar surface area (TPSA) is 53.1 Å². The Morgan fingerprint density at radius 1 is 1.53 bits per heavy atom. The highest BCUT2D eigenvalue weighted by Gasteiger charge is 2.08. The molecule has 0 aliphatic carbocycles. The summed E-state index contributed by atoms with van der Waals surface area (Å²) in [4.78, 5) is 16.0. The van der Waals surface area contributed by atoms with Crippen LogP contribution in [0.25, 0.3) is 11.0 Å². The lowest BCUT2D eigenvalue weighted by Crippen LogP contribution is -2.36. The van der Waals surface area contributed by atoms with Gasteiger partial charge >= 0.3 is 6.03 Å². The molecule has 0 aliphatic rings. The van der Waals surface area contributed by atoms with Crippen LogP contribution in [0.5, 0.6) is 0 Å². The van der Waals surface area contributed by atoms with Gasteiger partial charge in [0.25, 0.3) is 0 Å². The number of aromatic amines is 1. The largest absolute Gasteiger partial charge is 0.336 e. The van der Waals surface area contributed by atoms with Gasteiger partial charge in [0.1, 0.15) is 0 Å². The molecule has 0 spiro atoms. The minimum absolute atomic E-state index is 0.127. The number of H-pyrrole nitrogens is 1. The van der Waals surface area contributed by atoms with Crippen molar-refractivity contribution in [2.75, 3.05) is 20.6 Å². The monoisotopic (exact) mass is 298 g/mol. The SMILES string of the molecule is CN(C)C(=O)NCCn1c(=S)[nH]c2cccc(Cl)c21. The van der Waals surface area contributed by atoms with Gasteiger partial charge in [0.15, 0.2) is 4.77 Å². The first-order valence-corrected chi connectivity index (χ1v) is 6.61. The average Bonchev–Trinajstić information content (AvgIpc) is 2.67. The predicted octanol–water partition coefficient (Wildman–Crippen LogP) is 2.62. The number of rotatable bonds is 3. The van der Waals surface area contributed by atoms with Gasteiger partial charge in [-0.1, -0.05) is 17.7 Å². The van der Waals surface area contributed by atoms with Crippen LogP contribution in [-0.2, 0) is 6.54 Å². The number of benzene rings is 1. The minimum atomic E-state index is -0.127. The van der Waals surface area contributed by atoms with Crippen LogP contribution in [0.15, 0.2) is 18.2 Å². The van der Waals surface area contributed by atoms with E-state index in [1.54, 1.807) is 14.1 Å². The molecule has 1 aromatic heterocycles. The van der Waals surface area contributed by atoms with Crippen LogP contribution in [0.4, 0.5) is 4.79 Å². The Bertz CT molecular complexity index is 661. The molecule has 2 N–H and O–H groups in total. The highest BCUT2D eigenvalue weighted by molar-refractivity contribution is 7.71. The van der Waals surface area contributed by atoms with Crippen LogP contribution in [0.3, 0.4) is 0 Å². The van der Waals surface area contributed by atoms with Crippen molar-refractivity contribution in [2.24, 2.45) is 0 Å². The lowest BCUT2D eigenvalue weighted by atomic mass is 10.3. The van der Waals surface area contributed by atoms with E-state index in [1.165, 1.54) is 4.90 Å². The molecule has 19 heavy (non-hydrogen) atoms. The number of urea groups is 1. The lowest BCUT2D eigenvalue weighted by Gasteiger charge is -2.12. The van der Waals surface area contributed by atoms with Gasteiger partial charge in [-0.2, -0.15) is 0 Å². The third-order valence-corrected chi connectivity index (χ3v) is 3.39. The van der Waals surface area contributed by atoms with E-state index in [2.05, 4.69) is 10.3 Å². The second-order valence-corrected chi connectivity index (χ2v) is 5.14. The van der Waals surface area contributed by atoms with E-state index in [1.807, 2.05) is 22.8 Å². The third kappa shape index (κ3) is 2.90. The summed E-state index contributed by atoms with van der Waals surface area (Å²) in [6.07, 6.45) is 0. The summed E-state index contributed by atoms with van der Waals surface area (Å²) in [6, 6.07) is 5.49. The first-order valence-electron chi connectivity index (χ1n) is 5.83. The molecule has 2 aromatic rings. The lowest BCUT2D eigenvalue weighted by molar-refractivity contribution is 0.217. The first-order chi connectivity index (χ1) is 9.00. The molecule has 0 atom stereocenters. The van der Waals surface area contributed by atoms with Crippen molar-refractivity contribution >= 4 is 40.9 Å². The number of carbonyl (C=O) groups excluding carboxylic acids is 1. The zero-order valence-electron chi connectivity index (χ0n) is 10.7. The van der Waals surface area contributed by atoms with Crippen LogP contribution in [0.1, 0.15) is 0 Å². The fourth-order valence-corrected chi connectivity index (χ4v) is 2.39. The second kappa shape index (κ2) is 5.63. The number of hydrogen-bond acceptors (Lipinski definition) is 2. The van der Waals surface area contributed by atoms with E-state index in [9.17, 15) is 4.79 Å². The molecule has 0 saturated heterocycles. The van der Waals surface area contributed by atoms with Crippen LogP contribution in [0, 0.1) is 4.77 Å². The smallest absolute Gasteiger partial charge is 0.316 e. The number of fused-ring (bicyclic) bond motifs is 1. The number of nitrogens with one attached hydrogen (secondary N) is 2. The molecule has 0 aliphatic heterocycles. The maximum Gasteiger partial charge on any atom is 0.316 e. The Labute approximate surface area is 121 Å². The van der Waals surface area contributed by atoms with E-state index in [0.717, 1.165) is 11.0 Å². The van der Waals surface area contributed by atoms with Crippen LogP contribution in [0.2, 0.25) is 5.02 Å². The van der Waals surface area contributed by atoms with Crippen molar-refractivity contribution in [3.63, 3.8) is 0 Å². The summed E-state index contributed by atoms with van der Waals surface area (Å²) in [7, 11) is 3.40. The zero-order valence-corrected chi connectivity index (χ0v) is 12.3. The molecular formula is C12H15ClN4OS. The summed E-state index contributed by atoms with van der Waals surface area (Å²) in [5.41, 5.74) is 1.77. The van der Waals surface area contributed by atoms with E-state index in [0.29, 0.717) is 22.9 Å². The molecule has 0 unspecified atom stereocenters. The summed E-state index contributed by atoms with van der Waals surface area (Å²) in [6.45, 7) is 1.06. The van der Waals surface area contributed by atoms with Crippen LogP contribution < -0.4 is 5.32 Å². The van der Waals surface area contributed by atoms with Gasteiger partial charge in [-0.15, -0.1) is 0 Å². The molecule has 102 valence electrons. The van der Waals surface area contributed by atoms with E-state index in [4.69, 9.17) is 23.8 Å². The zero-order chi connectivity index (χ0) is 14.0. The van der Waals surface area contributed by atoms with Crippen LogP contribution >= 0.6 is 23.8 Å². The number of amides is 2. The summed E-state index contributed by atoms with van der Waals surface area (Å²) in [5, 5.41) is 3.44. The number of halogens is 1. The summed E-state index contributed by atoms with van der Waals surface area (Å²) < 4.78 is 2.49. The minimum Gasteiger partial charge on any atom is -0.336 e. The fraction of sp³-hybridized carbons (Fsp3) is 0.333. The Balaban J connectivity index is 2.19. The molecule has 7 heteroatoms. The average molecular weight is 299 g/mol. The Morgan fingerprint density at radius 3 is 2.95 bits per heavy atom. The van der Waals surface area contributed by atoms with Gasteiger partial charge in [0.2, 0.25) is 0 Å². The number of aromatic nitrogens is 2. The molecule has 1 heterocycles. The number of hydrogen-bond donors (Lipinski definition) is 2. The van der Waals surface area contributed by atoms with Crippen molar-refractivity contribution in [1.29, 1.82) is 0 Å². The van der Waals surface area contributed by atoms with Gasteiger partial charge in [-0.25, -0.2) is 4.79 Å². The molecule has 0 saturated carbocycles.